The Morgan fingerprint density at radius 3 is 2.35 bits per heavy atom. The molecule has 2 heterocycles. The summed E-state index contributed by atoms with van der Waals surface area (Å²) in [6.45, 7) is 6.22. The van der Waals surface area contributed by atoms with Crippen molar-refractivity contribution in [2.24, 2.45) is 11.0 Å². The molecule has 8 nitrogen and oxygen atoms in total. The highest BCUT2D eigenvalue weighted by Gasteiger charge is 2.30. The number of aldehydes is 1. The summed E-state index contributed by atoms with van der Waals surface area (Å²) in [6.07, 6.45) is 2.46. The molecule has 0 aliphatic carbocycles. The van der Waals surface area contributed by atoms with Crippen LogP contribution in [0, 0.1) is 19.8 Å². The van der Waals surface area contributed by atoms with Gasteiger partial charge in [0.05, 0.1) is 28.7 Å². The number of amides is 1. The van der Waals surface area contributed by atoms with Crippen molar-refractivity contribution in [1.29, 1.82) is 0 Å². The van der Waals surface area contributed by atoms with Crippen molar-refractivity contribution in [3.8, 4) is 0 Å². The Bertz CT molecular complexity index is 1370. The fraction of sp³-hybridized carbons (Fsp3) is 0.333. The molecule has 37 heavy (non-hydrogen) atoms. The molecule has 1 aromatic heterocycles. The topological polar surface area (TPSA) is 109 Å². The molecule has 0 spiro atoms. The molecule has 194 valence electrons. The van der Waals surface area contributed by atoms with Crippen molar-refractivity contribution in [1.82, 2.24) is 9.99 Å². The largest absolute Gasteiger partial charge is 0.321 e. The number of rotatable bonds is 9. The van der Waals surface area contributed by atoms with Gasteiger partial charge in [0.25, 0.3) is 5.91 Å². The normalized spacial score (nSPS) is 17.5. The van der Waals surface area contributed by atoms with E-state index in [-0.39, 0.29) is 23.6 Å². The summed E-state index contributed by atoms with van der Waals surface area (Å²) in [4.78, 5) is 29.4. The monoisotopic (exact) mass is 538 g/mol. The number of hydrazone groups is 1. The molecular weight excluding hydrogens is 508 g/mol. The number of aryl methyl sites for hydroxylation is 2. The SMILES string of the molecule is CCC1CC(C=O)N(Cc2ccc(NC(=O)c3sc(C)nc3C)cc2)N=C1c1ccc(C[SH](=O)=O)cc1. The number of aromatic nitrogens is 1. The van der Waals surface area contributed by atoms with Crippen molar-refractivity contribution in [3.63, 3.8) is 0 Å². The summed E-state index contributed by atoms with van der Waals surface area (Å²) in [5, 5.41) is 10.5. The fourth-order valence-electron chi connectivity index (χ4n) is 4.49. The van der Waals surface area contributed by atoms with Gasteiger partial charge in [-0.15, -0.1) is 11.3 Å². The number of anilines is 1. The molecule has 1 aliphatic rings. The molecule has 2 aromatic carbocycles. The second-order valence-corrected chi connectivity index (χ2v) is 11.3. The molecular formula is C27H30N4O4S2. The van der Waals surface area contributed by atoms with Crippen molar-refractivity contribution in [3.05, 3.63) is 80.8 Å². The number of carbonyl (C=O) groups excluding carboxylic acids is 2. The van der Waals surface area contributed by atoms with Crippen LogP contribution in [0.1, 0.15) is 56.8 Å². The Morgan fingerprint density at radius 2 is 1.78 bits per heavy atom. The lowest BCUT2D eigenvalue weighted by Gasteiger charge is -2.35. The zero-order valence-corrected chi connectivity index (χ0v) is 22.7. The quantitative estimate of drug-likeness (QED) is 0.310. The summed E-state index contributed by atoms with van der Waals surface area (Å²) in [7, 11) is -2.48. The van der Waals surface area contributed by atoms with Gasteiger partial charge in [-0.05, 0) is 55.5 Å². The number of thiazole rings is 1. The molecule has 0 fully saturated rings. The minimum absolute atomic E-state index is 0.0124. The first-order valence-corrected chi connectivity index (χ1v) is 14.3. The van der Waals surface area contributed by atoms with Crippen LogP contribution in [0.2, 0.25) is 0 Å². The van der Waals surface area contributed by atoms with Crippen LogP contribution in [-0.4, -0.2) is 42.4 Å². The van der Waals surface area contributed by atoms with E-state index in [9.17, 15) is 18.0 Å². The number of hydrogen-bond acceptors (Lipinski definition) is 8. The second kappa shape index (κ2) is 11.8. The number of thiol groups is 1. The first kappa shape index (κ1) is 26.7. The predicted octanol–water partition coefficient (Wildman–Crippen LogP) is 4.33. The van der Waals surface area contributed by atoms with E-state index in [4.69, 9.17) is 5.10 Å². The van der Waals surface area contributed by atoms with Gasteiger partial charge in [-0.1, -0.05) is 43.3 Å². The summed E-state index contributed by atoms with van der Waals surface area (Å²) in [5.41, 5.74) is 4.92. The molecule has 0 bridgehead atoms. The van der Waals surface area contributed by atoms with Gasteiger partial charge in [-0.3, -0.25) is 9.80 Å². The van der Waals surface area contributed by atoms with Crippen molar-refractivity contribution >= 4 is 45.6 Å². The van der Waals surface area contributed by atoms with E-state index in [0.717, 1.165) is 45.8 Å². The van der Waals surface area contributed by atoms with E-state index in [0.29, 0.717) is 23.5 Å². The average molecular weight is 539 g/mol. The summed E-state index contributed by atoms with van der Waals surface area (Å²) >= 11 is 1.37. The lowest BCUT2D eigenvalue weighted by molar-refractivity contribution is -0.113. The van der Waals surface area contributed by atoms with Gasteiger partial charge in [0.15, 0.2) is 0 Å². The zero-order chi connectivity index (χ0) is 26.5. The Kier molecular flexibility index (Phi) is 8.50. The van der Waals surface area contributed by atoms with Gasteiger partial charge in [0.2, 0.25) is 0 Å². The van der Waals surface area contributed by atoms with Crippen LogP contribution in [-0.2, 0) is 27.8 Å². The Labute approximate surface area is 222 Å². The predicted molar refractivity (Wildman–Crippen MR) is 147 cm³/mol. The maximum absolute atomic E-state index is 12.6. The van der Waals surface area contributed by atoms with Crippen molar-refractivity contribution in [2.45, 2.75) is 52.0 Å². The smallest absolute Gasteiger partial charge is 0.267 e. The Hall–Kier alpha value is -3.37. The van der Waals surface area contributed by atoms with Gasteiger partial charge >= 0.3 is 0 Å². The Morgan fingerprint density at radius 1 is 1.11 bits per heavy atom. The molecule has 2 atom stereocenters. The maximum atomic E-state index is 12.6. The van der Waals surface area contributed by atoms with Gasteiger partial charge in [0.1, 0.15) is 27.9 Å². The molecule has 4 rings (SSSR count). The van der Waals surface area contributed by atoms with E-state index in [1.807, 2.05) is 67.4 Å². The van der Waals surface area contributed by atoms with Crippen LogP contribution in [0.5, 0.6) is 0 Å². The van der Waals surface area contributed by atoms with Crippen LogP contribution in [0.3, 0.4) is 0 Å². The third-order valence-electron chi connectivity index (χ3n) is 6.41. The molecule has 10 heteroatoms. The van der Waals surface area contributed by atoms with Crippen molar-refractivity contribution < 1.29 is 18.0 Å². The van der Waals surface area contributed by atoms with Crippen LogP contribution in [0.25, 0.3) is 0 Å². The standard InChI is InChI=1S/C27H30N4O4S2/c1-4-21-13-24(15-32)31(30-25(21)22-9-5-20(6-10-22)16-37(34)35)14-19-7-11-23(12-8-19)29-27(33)26-17(2)28-18(3)36-26/h5-12,15,21,24,37H,4,13-14,16H2,1-3H3,(H,29,33). The molecule has 0 saturated heterocycles. The molecule has 2 unspecified atom stereocenters. The lowest BCUT2D eigenvalue weighted by atomic mass is 9.87. The molecule has 0 saturated carbocycles. The molecule has 0 radical (unpaired) electrons. The van der Waals surface area contributed by atoms with Crippen LogP contribution in [0.15, 0.2) is 53.6 Å². The number of nitrogens with one attached hydrogen (secondary N) is 1. The first-order chi connectivity index (χ1) is 17.8. The van der Waals surface area contributed by atoms with Crippen LogP contribution in [0.4, 0.5) is 5.69 Å². The summed E-state index contributed by atoms with van der Waals surface area (Å²) < 4.78 is 22.1. The highest BCUT2D eigenvalue weighted by molar-refractivity contribution is 7.71. The summed E-state index contributed by atoms with van der Waals surface area (Å²) in [6, 6.07) is 14.6. The third-order valence-corrected chi connectivity index (χ3v) is 8.10. The minimum Gasteiger partial charge on any atom is -0.321 e. The van der Waals surface area contributed by atoms with E-state index < -0.39 is 10.7 Å². The molecule has 3 aromatic rings. The molecule has 1 aliphatic heterocycles. The van der Waals surface area contributed by atoms with E-state index in [1.54, 1.807) is 0 Å². The average Bonchev–Trinajstić information content (AvgIpc) is 3.23. The summed E-state index contributed by atoms with van der Waals surface area (Å²) in [5.74, 6) is -0.0378. The highest BCUT2D eigenvalue weighted by Crippen LogP contribution is 2.28. The van der Waals surface area contributed by atoms with Crippen molar-refractivity contribution in [2.75, 3.05) is 5.32 Å². The minimum atomic E-state index is -2.48. The van der Waals surface area contributed by atoms with E-state index in [2.05, 4.69) is 17.2 Å². The van der Waals surface area contributed by atoms with Crippen LogP contribution >= 0.6 is 11.3 Å². The number of carbonyl (C=O) groups is 2. The van der Waals surface area contributed by atoms with Crippen LogP contribution < -0.4 is 5.32 Å². The highest BCUT2D eigenvalue weighted by atomic mass is 32.2. The van der Waals surface area contributed by atoms with E-state index >= 15 is 0 Å². The van der Waals surface area contributed by atoms with Gasteiger partial charge in [-0.2, -0.15) is 5.10 Å². The second-order valence-electron chi connectivity index (χ2n) is 9.11. The maximum Gasteiger partial charge on any atom is 0.267 e. The lowest BCUT2D eigenvalue weighted by Crippen LogP contribution is -2.41. The van der Waals surface area contributed by atoms with E-state index in [1.165, 1.54) is 11.3 Å². The first-order valence-electron chi connectivity index (χ1n) is 12.1. The zero-order valence-electron chi connectivity index (χ0n) is 21.0. The number of hydrogen-bond donors (Lipinski definition) is 2. The number of benzene rings is 2. The van der Waals surface area contributed by atoms with Gasteiger partial charge in [0, 0.05) is 11.6 Å². The third kappa shape index (κ3) is 6.50. The number of nitrogens with zero attached hydrogens (tertiary/aromatic N) is 3. The molecule has 1 amide bonds. The van der Waals surface area contributed by atoms with Gasteiger partial charge in [-0.25, -0.2) is 13.4 Å². The van der Waals surface area contributed by atoms with Gasteiger partial charge < -0.3 is 10.1 Å². The molecule has 1 N–H and O–H groups in total. The Balaban J connectivity index is 1.51. The fourth-order valence-corrected chi connectivity index (χ4v) is 5.82.